The Morgan fingerprint density at radius 3 is 2.70 bits per heavy atom. The molecule has 1 fully saturated rings. The van der Waals surface area contributed by atoms with Gasteiger partial charge >= 0.3 is 0 Å². The molecule has 4 rings (SSSR count). The van der Waals surface area contributed by atoms with Crippen LogP contribution < -0.4 is 5.32 Å². The van der Waals surface area contributed by atoms with Gasteiger partial charge in [-0.15, -0.1) is 11.3 Å². The Kier molecular flexibility index (Phi) is 3.19. The van der Waals surface area contributed by atoms with Crippen LogP contribution in [0.5, 0.6) is 0 Å². The van der Waals surface area contributed by atoms with E-state index in [9.17, 15) is 4.79 Å². The molecule has 1 aliphatic carbocycles. The summed E-state index contributed by atoms with van der Waals surface area (Å²) in [7, 11) is 0. The summed E-state index contributed by atoms with van der Waals surface area (Å²) in [5.41, 5.74) is 3.51. The predicted octanol–water partition coefficient (Wildman–Crippen LogP) is 3.73. The van der Waals surface area contributed by atoms with Crippen LogP contribution in [0.2, 0.25) is 0 Å². The summed E-state index contributed by atoms with van der Waals surface area (Å²) in [6.07, 6.45) is 2.22. The van der Waals surface area contributed by atoms with E-state index in [4.69, 9.17) is 4.52 Å². The average Bonchev–Trinajstić information content (AvgIpc) is 3.24. The minimum Gasteiger partial charge on any atom is -0.336 e. The molecule has 1 N–H and O–H groups in total. The highest BCUT2D eigenvalue weighted by molar-refractivity contribution is 7.15. The number of thiazole rings is 1. The van der Waals surface area contributed by atoms with Crippen LogP contribution in [0.15, 0.2) is 10.6 Å². The zero-order valence-corrected chi connectivity index (χ0v) is 14.0. The van der Waals surface area contributed by atoms with Crippen molar-refractivity contribution in [2.75, 3.05) is 5.32 Å². The molecule has 1 aliphatic rings. The van der Waals surface area contributed by atoms with E-state index in [-0.39, 0.29) is 5.91 Å². The number of aryl methyl sites for hydroxylation is 3. The molecular weight excluding hydrogens is 312 g/mol. The second-order valence-corrected chi connectivity index (χ2v) is 7.14. The van der Waals surface area contributed by atoms with Crippen molar-refractivity contribution in [2.24, 2.45) is 0 Å². The van der Waals surface area contributed by atoms with Crippen molar-refractivity contribution in [3.05, 3.63) is 33.6 Å². The Morgan fingerprint density at radius 2 is 2.04 bits per heavy atom. The van der Waals surface area contributed by atoms with Crippen molar-refractivity contribution < 1.29 is 9.32 Å². The molecule has 0 radical (unpaired) electrons. The van der Waals surface area contributed by atoms with E-state index < -0.39 is 0 Å². The largest absolute Gasteiger partial charge is 0.336 e. The lowest BCUT2D eigenvalue weighted by Gasteiger charge is -2.05. The second-order valence-electron chi connectivity index (χ2n) is 5.93. The molecule has 0 aliphatic heterocycles. The molecular formula is C16H16N4O2S. The van der Waals surface area contributed by atoms with Crippen molar-refractivity contribution in [1.82, 2.24) is 15.1 Å². The van der Waals surface area contributed by atoms with Gasteiger partial charge in [-0.1, -0.05) is 5.16 Å². The average molecular weight is 328 g/mol. The first kappa shape index (κ1) is 14.3. The molecule has 23 heavy (non-hydrogen) atoms. The molecule has 3 aromatic heterocycles. The third kappa shape index (κ3) is 2.50. The quantitative estimate of drug-likeness (QED) is 0.792. The minimum atomic E-state index is -0.195. The topological polar surface area (TPSA) is 80.9 Å². The smallest absolute Gasteiger partial charge is 0.259 e. The van der Waals surface area contributed by atoms with Gasteiger partial charge < -0.3 is 4.52 Å². The molecule has 6 nitrogen and oxygen atoms in total. The molecule has 0 aromatic carbocycles. The number of fused-ring (bicyclic) bond motifs is 1. The van der Waals surface area contributed by atoms with Crippen LogP contribution in [0.25, 0.3) is 11.1 Å². The number of amides is 1. The van der Waals surface area contributed by atoms with Crippen LogP contribution in [-0.4, -0.2) is 21.0 Å². The number of hydrogen-bond acceptors (Lipinski definition) is 6. The van der Waals surface area contributed by atoms with E-state index in [1.165, 1.54) is 11.3 Å². The summed E-state index contributed by atoms with van der Waals surface area (Å²) in [5, 5.41) is 8.13. The fourth-order valence-corrected chi connectivity index (χ4v) is 3.38. The third-order valence-electron chi connectivity index (χ3n) is 4.13. The van der Waals surface area contributed by atoms with Gasteiger partial charge in [0.25, 0.3) is 11.6 Å². The van der Waals surface area contributed by atoms with Gasteiger partial charge in [0.2, 0.25) is 0 Å². The normalized spacial score (nSPS) is 14.4. The van der Waals surface area contributed by atoms with Crippen LogP contribution in [0.3, 0.4) is 0 Å². The fraction of sp³-hybridized carbons (Fsp3) is 0.375. The van der Waals surface area contributed by atoms with Crippen LogP contribution in [0.1, 0.15) is 51.1 Å². The summed E-state index contributed by atoms with van der Waals surface area (Å²) < 4.78 is 5.28. The number of nitrogens with one attached hydrogen (secondary N) is 1. The third-order valence-corrected chi connectivity index (χ3v) is 5.11. The van der Waals surface area contributed by atoms with Crippen molar-refractivity contribution in [3.8, 4) is 0 Å². The lowest BCUT2D eigenvalue weighted by molar-refractivity contribution is 0.102. The molecule has 0 bridgehead atoms. The summed E-state index contributed by atoms with van der Waals surface area (Å²) in [5.74, 6) is 0.236. The van der Waals surface area contributed by atoms with E-state index in [2.05, 4.69) is 20.4 Å². The number of carbonyl (C=O) groups is 1. The lowest BCUT2D eigenvalue weighted by Crippen LogP contribution is -2.13. The molecule has 3 heterocycles. The van der Waals surface area contributed by atoms with Crippen molar-refractivity contribution >= 4 is 33.5 Å². The molecule has 0 unspecified atom stereocenters. The maximum absolute atomic E-state index is 12.8. The lowest BCUT2D eigenvalue weighted by atomic mass is 10.1. The standard InChI is InChI=1S/C16H16N4O2S/c1-7-9(3)23-16(17-7)19-14(21)11-6-12(10-4-5-10)18-15-13(11)8(2)20-22-15/h6,10H,4-5H2,1-3H3,(H,17,19,21). The number of rotatable bonds is 3. The van der Waals surface area contributed by atoms with Gasteiger partial charge in [-0.05, 0) is 39.7 Å². The maximum Gasteiger partial charge on any atom is 0.259 e. The van der Waals surface area contributed by atoms with E-state index in [1.807, 2.05) is 26.8 Å². The number of hydrogen-bond donors (Lipinski definition) is 1. The first-order chi connectivity index (χ1) is 11.0. The van der Waals surface area contributed by atoms with E-state index in [1.54, 1.807) is 0 Å². The first-order valence-electron chi connectivity index (χ1n) is 7.55. The van der Waals surface area contributed by atoms with Crippen molar-refractivity contribution in [3.63, 3.8) is 0 Å². The van der Waals surface area contributed by atoms with Gasteiger partial charge in [-0.2, -0.15) is 0 Å². The van der Waals surface area contributed by atoms with Crippen molar-refractivity contribution in [2.45, 2.75) is 39.5 Å². The van der Waals surface area contributed by atoms with Crippen LogP contribution in [0, 0.1) is 20.8 Å². The van der Waals surface area contributed by atoms with E-state index in [0.29, 0.717) is 33.4 Å². The zero-order valence-electron chi connectivity index (χ0n) is 13.1. The van der Waals surface area contributed by atoms with E-state index >= 15 is 0 Å². The maximum atomic E-state index is 12.8. The molecule has 118 valence electrons. The molecule has 3 aromatic rings. The van der Waals surface area contributed by atoms with Crippen LogP contribution >= 0.6 is 11.3 Å². The number of anilines is 1. The van der Waals surface area contributed by atoms with E-state index in [0.717, 1.165) is 29.1 Å². The van der Waals surface area contributed by atoms with Gasteiger partial charge in [-0.3, -0.25) is 10.1 Å². The van der Waals surface area contributed by atoms with Gasteiger partial charge in [0, 0.05) is 16.5 Å². The Balaban J connectivity index is 1.76. The molecule has 1 amide bonds. The number of nitrogens with zero attached hydrogens (tertiary/aromatic N) is 3. The van der Waals surface area contributed by atoms with Crippen molar-refractivity contribution in [1.29, 1.82) is 0 Å². The molecule has 7 heteroatoms. The highest BCUT2D eigenvalue weighted by atomic mass is 32.1. The van der Waals surface area contributed by atoms with Gasteiger partial charge in [-0.25, -0.2) is 9.97 Å². The Hall–Kier alpha value is -2.28. The van der Waals surface area contributed by atoms with Gasteiger partial charge in [0.05, 0.1) is 22.3 Å². The summed E-state index contributed by atoms with van der Waals surface area (Å²) in [6.45, 7) is 5.74. The highest BCUT2D eigenvalue weighted by Gasteiger charge is 2.28. The van der Waals surface area contributed by atoms with Crippen LogP contribution in [-0.2, 0) is 0 Å². The number of carbonyl (C=O) groups excluding carboxylic acids is 1. The zero-order chi connectivity index (χ0) is 16.1. The summed E-state index contributed by atoms with van der Waals surface area (Å²) in [6, 6.07) is 1.87. The Labute approximate surface area is 136 Å². The Morgan fingerprint density at radius 1 is 1.26 bits per heavy atom. The molecule has 0 saturated heterocycles. The fourth-order valence-electron chi connectivity index (χ4n) is 2.57. The second kappa shape index (κ2) is 5.13. The number of pyridine rings is 1. The SMILES string of the molecule is Cc1nc(NC(=O)c2cc(C3CC3)nc3onc(C)c23)sc1C. The highest BCUT2D eigenvalue weighted by Crippen LogP contribution is 2.40. The van der Waals surface area contributed by atoms with Gasteiger partial charge in [0.1, 0.15) is 0 Å². The molecule has 1 saturated carbocycles. The predicted molar refractivity (Wildman–Crippen MR) is 88.1 cm³/mol. The summed E-state index contributed by atoms with van der Waals surface area (Å²) >= 11 is 1.47. The van der Waals surface area contributed by atoms with Crippen LogP contribution in [0.4, 0.5) is 5.13 Å². The molecule has 0 spiro atoms. The first-order valence-corrected chi connectivity index (χ1v) is 8.37. The minimum absolute atomic E-state index is 0.195. The monoisotopic (exact) mass is 328 g/mol. The van der Waals surface area contributed by atoms with Gasteiger partial charge in [0.15, 0.2) is 5.13 Å². The summed E-state index contributed by atoms with van der Waals surface area (Å²) in [4.78, 5) is 22.7. The molecule has 0 atom stereocenters. The Bertz CT molecular complexity index is 904. The number of aromatic nitrogens is 3.